The number of nitrogens with one attached hydrogen (secondary N) is 1. The number of rotatable bonds is 6. The molecule has 1 aromatic rings. The lowest BCUT2D eigenvalue weighted by Gasteiger charge is -2.39. The summed E-state index contributed by atoms with van der Waals surface area (Å²) in [6.07, 6.45) is 1.30. The number of carbonyl (C=O) groups excluding carboxylic acids is 1. The van der Waals surface area contributed by atoms with E-state index in [4.69, 9.17) is 21.7 Å². The first-order valence-electron chi connectivity index (χ1n) is 8.79. The smallest absolute Gasteiger partial charge is 0.409 e. The second-order valence-electron chi connectivity index (χ2n) is 6.04. The van der Waals surface area contributed by atoms with Gasteiger partial charge >= 0.3 is 6.09 Å². The minimum Gasteiger partial charge on any atom is -0.450 e. The molecule has 0 spiro atoms. The summed E-state index contributed by atoms with van der Waals surface area (Å²) in [7, 11) is 1.64. The summed E-state index contributed by atoms with van der Waals surface area (Å²) in [5.74, 6) is -0.316. The maximum absolute atomic E-state index is 13.4. The van der Waals surface area contributed by atoms with Crippen LogP contribution in [0.1, 0.15) is 19.8 Å². The molecule has 1 aliphatic heterocycles. The van der Waals surface area contributed by atoms with Crippen molar-refractivity contribution in [1.82, 2.24) is 9.80 Å². The van der Waals surface area contributed by atoms with Crippen LogP contribution in [0.4, 0.5) is 14.9 Å². The van der Waals surface area contributed by atoms with E-state index in [1.165, 1.54) is 12.1 Å². The van der Waals surface area contributed by atoms with Crippen LogP contribution in [0.5, 0.6) is 0 Å². The summed E-state index contributed by atoms with van der Waals surface area (Å²) in [5.41, 5.74) is 0.612. The van der Waals surface area contributed by atoms with Crippen molar-refractivity contribution in [3.63, 3.8) is 0 Å². The summed E-state index contributed by atoms with van der Waals surface area (Å²) in [4.78, 5) is 15.6. The van der Waals surface area contributed by atoms with Crippen molar-refractivity contribution in [1.29, 1.82) is 0 Å². The Hall–Kier alpha value is -1.93. The molecule has 1 amide bonds. The van der Waals surface area contributed by atoms with Gasteiger partial charge < -0.3 is 24.6 Å². The quantitative estimate of drug-likeness (QED) is 0.762. The van der Waals surface area contributed by atoms with Gasteiger partial charge in [0.1, 0.15) is 5.82 Å². The van der Waals surface area contributed by atoms with Gasteiger partial charge in [0.25, 0.3) is 0 Å². The number of likely N-dealkylation sites (tertiary alicyclic amines) is 1. The molecule has 1 aliphatic rings. The third-order valence-electron chi connectivity index (χ3n) is 4.30. The van der Waals surface area contributed by atoms with E-state index in [2.05, 4.69) is 10.2 Å². The third kappa shape index (κ3) is 5.81. The Bertz CT molecular complexity index is 609. The zero-order valence-electron chi connectivity index (χ0n) is 15.2. The molecule has 1 saturated heterocycles. The Labute approximate surface area is 159 Å². The number of hydrogen-bond donors (Lipinski definition) is 1. The fourth-order valence-corrected chi connectivity index (χ4v) is 3.33. The minimum atomic E-state index is -0.316. The topological polar surface area (TPSA) is 54.0 Å². The van der Waals surface area contributed by atoms with Crippen molar-refractivity contribution in [2.45, 2.75) is 25.8 Å². The van der Waals surface area contributed by atoms with Gasteiger partial charge in [-0.25, -0.2) is 9.18 Å². The van der Waals surface area contributed by atoms with Crippen LogP contribution in [0.2, 0.25) is 0 Å². The maximum Gasteiger partial charge on any atom is 0.409 e. The van der Waals surface area contributed by atoms with Gasteiger partial charge in [0.2, 0.25) is 0 Å². The van der Waals surface area contributed by atoms with Crippen LogP contribution in [0, 0.1) is 5.82 Å². The molecule has 144 valence electrons. The van der Waals surface area contributed by atoms with E-state index in [0.717, 1.165) is 12.8 Å². The second kappa shape index (κ2) is 10.3. The zero-order chi connectivity index (χ0) is 18.9. The van der Waals surface area contributed by atoms with Crippen LogP contribution in [-0.4, -0.2) is 67.0 Å². The molecule has 2 rings (SSSR count). The molecule has 1 aromatic carbocycles. The van der Waals surface area contributed by atoms with Crippen LogP contribution < -0.4 is 5.32 Å². The van der Waals surface area contributed by atoms with Gasteiger partial charge in [-0.15, -0.1) is 0 Å². The Balaban J connectivity index is 1.98. The van der Waals surface area contributed by atoms with Crippen LogP contribution in [0.25, 0.3) is 0 Å². The van der Waals surface area contributed by atoms with Gasteiger partial charge in [-0.2, -0.15) is 0 Å². The number of hydrogen-bond acceptors (Lipinski definition) is 4. The highest BCUT2D eigenvalue weighted by atomic mass is 32.1. The maximum atomic E-state index is 13.4. The number of piperidine rings is 1. The Morgan fingerprint density at radius 3 is 2.77 bits per heavy atom. The van der Waals surface area contributed by atoms with Crippen LogP contribution >= 0.6 is 12.2 Å². The lowest BCUT2D eigenvalue weighted by molar-refractivity contribution is 0.0829. The fourth-order valence-electron chi connectivity index (χ4n) is 2.98. The van der Waals surface area contributed by atoms with E-state index < -0.39 is 0 Å². The number of benzene rings is 1. The van der Waals surface area contributed by atoms with Gasteiger partial charge in [0.15, 0.2) is 5.11 Å². The van der Waals surface area contributed by atoms with E-state index in [1.54, 1.807) is 31.1 Å². The molecular formula is C18H26FN3O3S. The molecule has 0 bridgehead atoms. The van der Waals surface area contributed by atoms with E-state index in [9.17, 15) is 9.18 Å². The molecule has 26 heavy (non-hydrogen) atoms. The monoisotopic (exact) mass is 383 g/mol. The third-order valence-corrected chi connectivity index (χ3v) is 4.64. The highest BCUT2D eigenvalue weighted by molar-refractivity contribution is 7.80. The lowest BCUT2D eigenvalue weighted by Crippen LogP contribution is -2.50. The first-order valence-corrected chi connectivity index (χ1v) is 9.19. The van der Waals surface area contributed by atoms with Crippen LogP contribution in [0.3, 0.4) is 0 Å². The number of nitrogens with zero attached hydrogens (tertiary/aromatic N) is 2. The number of anilines is 1. The predicted molar refractivity (Wildman–Crippen MR) is 103 cm³/mol. The van der Waals surface area contributed by atoms with Crippen molar-refractivity contribution < 1.29 is 18.7 Å². The zero-order valence-corrected chi connectivity index (χ0v) is 16.1. The fraction of sp³-hybridized carbons (Fsp3) is 0.556. The molecule has 8 heteroatoms. The molecule has 1 fully saturated rings. The van der Waals surface area contributed by atoms with Gasteiger partial charge in [-0.05, 0) is 50.2 Å². The van der Waals surface area contributed by atoms with Crippen LogP contribution in [-0.2, 0) is 9.47 Å². The normalized spacial score (nSPS) is 14.8. The Morgan fingerprint density at radius 1 is 1.42 bits per heavy atom. The summed E-state index contributed by atoms with van der Waals surface area (Å²) in [5, 5.41) is 3.63. The van der Waals surface area contributed by atoms with Crippen molar-refractivity contribution in [2.24, 2.45) is 0 Å². The second-order valence-corrected chi connectivity index (χ2v) is 6.43. The van der Waals surface area contributed by atoms with Crippen LogP contribution in [0.15, 0.2) is 24.3 Å². The highest BCUT2D eigenvalue weighted by Gasteiger charge is 2.28. The Morgan fingerprint density at radius 2 is 2.15 bits per heavy atom. The van der Waals surface area contributed by atoms with Crippen molar-refractivity contribution >= 4 is 29.1 Å². The standard InChI is InChI=1S/C18H26FN3O3S/c1-3-25-18(23)21-9-7-16(8-10-21)22(11-12-24-2)17(26)20-15-6-4-5-14(19)13-15/h4-6,13,16H,3,7-12H2,1-2H3,(H,20,26). The van der Waals surface area contributed by atoms with Gasteiger partial charge in [-0.1, -0.05) is 6.07 Å². The molecule has 0 aromatic heterocycles. The number of methoxy groups -OCH3 is 1. The molecule has 0 radical (unpaired) electrons. The minimum absolute atomic E-state index is 0.185. The number of ether oxygens (including phenoxy) is 2. The number of halogens is 1. The SMILES string of the molecule is CCOC(=O)N1CCC(N(CCOC)C(=S)Nc2cccc(F)c2)CC1. The summed E-state index contributed by atoms with van der Waals surface area (Å²) in [6, 6.07) is 6.39. The molecule has 6 nitrogen and oxygen atoms in total. The van der Waals surface area contributed by atoms with E-state index in [-0.39, 0.29) is 18.0 Å². The average Bonchev–Trinajstić information content (AvgIpc) is 2.63. The molecule has 1 N–H and O–H groups in total. The molecule has 1 heterocycles. The van der Waals surface area contributed by atoms with Gasteiger partial charge in [-0.3, -0.25) is 0 Å². The molecule has 0 unspecified atom stereocenters. The first-order chi connectivity index (χ1) is 12.5. The van der Waals surface area contributed by atoms with Crippen molar-refractivity contribution in [2.75, 3.05) is 45.3 Å². The molecular weight excluding hydrogens is 357 g/mol. The summed E-state index contributed by atoms with van der Waals surface area (Å²) >= 11 is 5.55. The largest absolute Gasteiger partial charge is 0.450 e. The number of thiocarbonyl (C=S) groups is 1. The van der Waals surface area contributed by atoms with Gasteiger partial charge in [0, 0.05) is 38.5 Å². The van der Waals surface area contributed by atoms with Crippen molar-refractivity contribution in [3.05, 3.63) is 30.1 Å². The molecule has 0 aliphatic carbocycles. The lowest BCUT2D eigenvalue weighted by atomic mass is 10.0. The molecule has 0 saturated carbocycles. The summed E-state index contributed by atoms with van der Waals surface area (Å²) < 4.78 is 23.7. The van der Waals surface area contributed by atoms with Gasteiger partial charge in [0.05, 0.1) is 13.2 Å². The molecule has 0 atom stereocenters. The predicted octanol–water partition coefficient (Wildman–Crippen LogP) is 3.09. The highest BCUT2D eigenvalue weighted by Crippen LogP contribution is 2.19. The van der Waals surface area contributed by atoms with E-state index >= 15 is 0 Å². The average molecular weight is 383 g/mol. The van der Waals surface area contributed by atoms with E-state index in [1.807, 2.05) is 0 Å². The number of amides is 1. The Kier molecular flexibility index (Phi) is 8.06. The first kappa shape index (κ1) is 20.4. The van der Waals surface area contributed by atoms with Crippen molar-refractivity contribution in [3.8, 4) is 0 Å². The number of carbonyl (C=O) groups is 1. The summed E-state index contributed by atoms with van der Waals surface area (Å²) in [6.45, 7) is 4.57. The van der Waals surface area contributed by atoms with E-state index in [0.29, 0.717) is 43.6 Å².